The van der Waals surface area contributed by atoms with E-state index in [0.29, 0.717) is 25.1 Å². The van der Waals surface area contributed by atoms with Gasteiger partial charge in [0.25, 0.3) is 5.56 Å². The highest BCUT2D eigenvalue weighted by Gasteiger charge is 2.26. The Balaban J connectivity index is 2.07. The topological polar surface area (TPSA) is 43.3 Å². The van der Waals surface area contributed by atoms with E-state index < -0.39 is 0 Å². The first-order valence-electron chi connectivity index (χ1n) is 7.57. The quantitative estimate of drug-likeness (QED) is 0.900. The summed E-state index contributed by atoms with van der Waals surface area (Å²) in [7, 11) is 1.65. The number of nitrogens with zero attached hydrogens (tertiary/aromatic N) is 1. The van der Waals surface area contributed by atoms with Gasteiger partial charge in [-0.2, -0.15) is 0 Å². The van der Waals surface area contributed by atoms with Crippen molar-refractivity contribution in [3.63, 3.8) is 0 Å². The minimum atomic E-state index is 0.0256. The molecular weight excluding hydrogens is 252 g/mol. The maximum Gasteiger partial charge on any atom is 0.250 e. The lowest BCUT2D eigenvalue weighted by Gasteiger charge is -2.35. The third-order valence-corrected chi connectivity index (χ3v) is 4.58. The molecule has 4 nitrogen and oxygen atoms in total. The predicted octanol–water partition coefficient (Wildman–Crippen LogP) is 2.73. The van der Waals surface area contributed by atoms with Gasteiger partial charge in [0, 0.05) is 32.0 Å². The van der Waals surface area contributed by atoms with Crippen LogP contribution >= 0.6 is 0 Å². The van der Waals surface area contributed by atoms with Gasteiger partial charge in [-0.15, -0.1) is 0 Å². The normalized spacial score (nSPS) is 26.4. The summed E-state index contributed by atoms with van der Waals surface area (Å²) in [4.78, 5) is 11.8. The molecule has 0 aliphatic heterocycles. The largest absolute Gasteiger partial charge is 0.383 e. The van der Waals surface area contributed by atoms with E-state index in [1.54, 1.807) is 17.7 Å². The Hall–Kier alpha value is -1.29. The van der Waals surface area contributed by atoms with Gasteiger partial charge >= 0.3 is 0 Å². The molecule has 3 unspecified atom stereocenters. The first kappa shape index (κ1) is 15.1. The van der Waals surface area contributed by atoms with E-state index in [9.17, 15) is 4.79 Å². The molecule has 1 aromatic heterocycles. The fourth-order valence-electron chi connectivity index (χ4n) is 2.98. The lowest BCUT2D eigenvalue weighted by atomic mass is 9.78. The molecule has 3 atom stereocenters. The molecule has 0 bridgehead atoms. The average Bonchev–Trinajstić information content (AvgIpc) is 2.44. The molecule has 1 fully saturated rings. The van der Waals surface area contributed by atoms with Gasteiger partial charge in [0.15, 0.2) is 0 Å². The summed E-state index contributed by atoms with van der Waals surface area (Å²) in [5.74, 6) is 1.43. The first-order chi connectivity index (χ1) is 9.61. The molecule has 2 rings (SSSR count). The Morgan fingerprint density at radius 2 is 2.15 bits per heavy atom. The molecule has 1 N–H and O–H groups in total. The highest BCUT2D eigenvalue weighted by atomic mass is 16.5. The van der Waals surface area contributed by atoms with Crippen LogP contribution in [0.3, 0.4) is 0 Å². The molecule has 0 radical (unpaired) electrons. The molecule has 0 amide bonds. The monoisotopic (exact) mass is 278 g/mol. The summed E-state index contributed by atoms with van der Waals surface area (Å²) in [6.45, 7) is 5.81. The smallest absolute Gasteiger partial charge is 0.250 e. The Bertz CT molecular complexity index is 484. The Labute approximate surface area is 121 Å². The van der Waals surface area contributed by atoms with Crippen molar-refractivity contribution in [2.24, 2.45) is 11.8 Å². The van der Waals surface area contributed by atoms with Gasteiger partial charge in [0.05, 0.1) is 12.3 Å². The zero-order valence-electron chi connectivity index (χ0n) is 12.8. The van der Waals surface area contributed by atoms with Gasteiger partial charge in [0.2, 0.25) is 0 Å². The summed E-state index contributed by atoms with van der Waals surface area (Å²) in [5.41, 5.74) is 1.06. The highest BCUT2D eigenvalue weighted by Crippen LogP contribution is 2.31. The van der Waals surface area contributed by atoms with Crippen LogP contribution in [0.1, 0.15) is 33.1 Å². The number of hydrogen-bond donors (Lipinski definition) is 1. The molecule has 4 heteroatoms. The fourth-order valence-corrected chi connectivity index (χ4v) is 2.98. The van der Waals surface area contributed by atoms with E-state index in [2.05, 4.69) is 19.2 Å². The summed E-state index contributed by atoms with van der Waals surface area (Å²) in [6.07, 6.45) is 5.73. The van der Waals surface area contributed by atoms with Crippen molar-refractivity contribution in [1.82, 2.24) is 4.57 Å². The molecule has 1 aromatic rings. The number of aromatic nitrogens is 1. The van der Waals surface area contributed by atoms with Crippen molar-refractivity contribution in [2.45, 2.75) is 45.7 Å². The number of pyridine rings is 1. The third-order valence-electron chi connectivity index (χ3n) is 4.58. The van der Waals surface area contributed by atoms with Crippen LogP contribution in [0.4, 0.5) is 5.69 Å². The van der Waals surface area contributed by atoms with E-state index in [-0.39, 0.29) is 5.56 Å². The summed E-state index contributed by atoms with van der Waals surface area (Å²) in [5, 5.41) is 3.60. The molecule has 112 valence electrons. The number of hydrogen-bond acceptors (Lipinski definition) is 3. The molecule has 0 saturated heterocycles. The fraction of sp³-hybridized carbons (Fsp3) is 0.688. The molecular formula is C16H26N2O2. The van der Waals surface area contributed by atoms with Gasteiger partial charge < -0.3 is 14.6 Å². The number of rotatable bonds is 5. The predicted molar refractivity (Wildman–Crippen MR) is 82.2 cm³/mol. The van der Waals surface area contributed by atoms with Crippen LogP contribution in [0.2, 0.25) is 0 Å². The minimum Gasteiger partial charge on any atom is -0.383 e. The van der Waals surface area contributed by atoms with Gasteiger partial charge in [-0.1, -0.05) is 26.7 Å². The summed E-state index contributed by atoms with van der Waals surface area (Å²) >= 11 is 0. The number of nitrogens with one attached hydrogen (secondary N) is 1. The van der Waals surface area contributed by atoms with E-state index in [1.165, 1.54) is 19.3 Å². The highest BCUT2D eigenvalue weighted by molar-refractivity contribution is 5.41. The average molecular weight is 278 g/mol. The number of methoxy groups -OCH3 is 1. The summed E-state index contributed by atoms with van der Waals surface area (Å²) < 4.78 is 6.75. The molecule has 1 aliphatic carbocycles. The lowest BCUT2D eigenvalue weighted by Crippen LogP contribution is -2.35. The van der Waals surface area contributed by atoms with Crippen LogP contribution < -0.4 is 10.9 Å². The van der Waals surface area contributed by atoms with Crippen LogP contribution in [0.5, 0.6) is 0 Å². The van der Waals surface area contributed by atoms with Crippen LogP contribution in [0.25, 0.3) is 0 Å². The van der Waals surface area contributed by atoms with Gasteiger partial charge in [-0.3, -0.25) is 4.79 Å². The third kappa shape index (κ3) is 3.63. The summed E-state index contributed by atoms with van der Waals surface area (Å²) in [6, 6.07) is 4.03. The SMILES string of the molecule is COCCn1cc(NC2CCCC(C)C2C)ccc1=O. The maximum atomic E-state index is 11.8. The zero-order chi connectivity index (χ0) is 14.5. The first-order valence-corrected chi connectivity index (χ1v) is 7.57. The van der Waals surface area contributed by atoms with Crippen LogP contribution in [0, 0.1) is 11.8 Å². The molecule has 1 saturated carbocycles. The second-order valence-electron chi connectivity index (χ2n) is 5.96. The molecule has 0 spiro atoms. The van der Waals surface area contributed by atoms with Crippen molar-refractivity contribution in [3.05, 3.63) is 28.7 Å². The van der Waals surface area contributed by atoms with Crippen molar-refractivity contribution < 1.29 is 4.74 Å². The zero-order valence-corrected chi connectivity index (χ0v) is 12.8. The molecule has 20 heavy (non-hydrogen) atoms. The van der Waals surface area contributed by atoms with Crippen LogP contribution in [-0.2, 0) is 11.3 Å². The minimum absolute atomic E-state index is 0.0256. The van der Waals surface area contributed by atoms with Crippen molar-refractivity contribution >= 4 is 5.69 Å². The van der Waals surface area contributed by atoms with Crippen molar-refractivity contribution in [1.29, 1.82) is 0 Å². The van der Waals surface area contributed by atoms with Gasteiger partial charge in [-0.05, 0) is 24.3 Å². The van der Waals surface area contributed by atoms with Gasteiger partial charge in [0.1, 0.15) is 0 Å². The van der Waals surface area contributed by atoms with Crippen molar-refractivity contribution in [2.75, 3.05) is 19.0 Å². The van der Waals surface area contributed by atoms with E-state index in [1.807, 2.05) is 12.3 Å². The molecule has 0 aromatic carbocycles. The van der Waals surface area contributed by atoms with E-state index >= 15 is 0 Å². The lowest BCUT2D eigenvalue weighted by molar-refractivity contribution is 0.186. The van der Waals surface area contributed by atoms with Crippen molar-refractivity contribution in [3.8, 4) is 0 Å². The van der Waals surface area contributed by atoms with Crippen LogP contribution in [-0.4, -0.2) is 24.3 Å². The Morgan fingerprint density at radius 3 is 2.90 bits per heavy atom. The number of anilines is 1. The second kappa shape index (κ2) is 6.93. The van der Waals surface area contributed by atoms with E-state index in [4.69, 9.17) is 4.74 Å². The second-order valence-corrected chi connectivity index (χ2v) is 5.96. The molecule has 1 aliphatic rings. The standard InChI is InChI=1S/C16H26N2O2/c1-12-5-4-6-15(13(12)2)17-14-7-8-16(19)18(11-14)9-10-20-3/h7-8,11-13,15,17H,4-6,9-10H2,1-3H3. The Morgan fingerprint density at radius 1 is 1.35 bits per heavy atom. The maximum absolute atomic E-state index is 11.8. The molecule has 1 heterocycles. The van der Waals surface area contributed by atoms with Gasteiger partial charge in [-0.25, -0.2) is 0 Å². The van der Waals surface area contributed by atoms with E-state index in [0.717, 1.165) is 11.6 Å². The number of ether oxygens (including phenoxy) is 1. The van der Waals surface area contributed by atoms with Crippen LogP contribution in [0.15, 0.2) is 23.1 Å². The Kier molecular flexibility index (Phi) is 5.24.